The molecule has 2 N–H and O–H groups in total. The minimum absolute atomic E-state index is 0.486. The van der Waals surface area contributed by atoms with Crippen LogP contribution in [0.5, 0.6) is 0 Å². The number of carboxylic acids is 1. The first-order chi connectivity index (χ1) is 7.97. The van der Waals surface area contributed by atoms with E-state index < -0.39 is 17.4 Å². The Morgan fingerprint density at radius 1 is 1.47 bits per heavy atom. The zero-order chi connectivity index (χ0) is 12.9. The van der Waals surface area contributed by atoms with Crippen LogP contribution in [0, 0.1) is 5.41 Å². The Kier molecular flexibility index (Phi) is 4.46. The van der Waals surface area contributed by atoms with E-state index in [1.54, 1.807) is 6.08 Å². The first-order valence-electron chi connectivity index (χ1n) is 5.61. The predicted octanol–water partition coefficient (Wildman–Crippen LogP) is 2.44. The smallest absolute Gasteiger partial charge is 0.321 e. The highest BCUT2D eigenvalue weighted by atomic mass is 16.4. The van der Waals surface area contributed by atoms with Crippen LogP contribution in [-0.2, 0) is 11.3 Å². The van der Waals surface area contributed by atoms with Gasteiger partial charge in [0.15, 0.2) is 0 Å². The van der Waals surface area contributed by atoms with Crippen molar-refractivity contribution < 1.29 is 9.90 Å². The van der Waals surface area contributed by atoms with Gasteiger partial charge in [0, 0.05) is 12.0 Å². The molecule has 0 saturated carbocycles. The summed E-state index contributed by atoms with van der Waals surface area (Å²) < 4.78 is 0. The fourth-order valence-corrected chi connectivity index (χ4v) is 1.60. The highest BCUT2D eigenvalue weighted by Gasteiger charge is 2.32. The Labute approximate surface area is 102 Å². The van der Waals surface area contributed by atoms with Gasteiger partial charge in [0.05, 0.1) is 0 Å². The van der Waals surface area contributed by atoms with Crippen molar-refractivity contribution in [2.24, 2.45) is 5.41 Å². The summed E-state index contributed by atoms with van der Waals surface area (Å²) in [4.78, 5) is 11.2. The number of aliphatic carboxylic acids is 1. The summed E-state index contributed by atoms with van der Waals surface area (Å²) >= 11 is 0. The highest BCUT2D eigenvalue weighted by Crippen LogP contribution is 2.22. The Morgan fingerprint density at radius 2 is 2.06 bits per heavy atom. The quantitative estimate of drug-likeness (QED) is 0.742. The second kappa shape index (κ2) is 5.64. The van der Waals surface area contributed by atoms with Gasteiger partial charge in [-0.3, -0.25) is 10.1 Å². The number of carboxylic acid groups (broad SMARTS) is 1. The predicted molar refractivity (Wildman–Crippen MR) is 68.7 cm³/mol. The van der Waals surface area contributed by atoms with E-state index in [-0.39, 0.29) is 0 Å². The summed E-state index contributed by atoms with van der Waals surface area (Å²) in [5.41, 5.74) is 0.583. The van der Waals surface area contributed by atoms with Crippen molar-refractivity contribution in [3.05, 3.63) is 48.6 Å². The SMILES string of the molecule is C=CC(C)(C)[C@H](NCc1ccccc1)C(=O)O. The normalized spacial score (nSPS) is 13.1. The van der Waals surface area contributed by atoms with Gasteiger partial charge in [-0.15, -0.1) is 6.58 Å². The standard InChI is InChI=1S/C14H19NO2/c1-4-14(2,3)12(13(16)17)15-10-11-8-6-5-7-9-11/h4-9,12,15H,1,10H2,2-3H3,(H,16,17)/t12-/m1/s1. The molecule has 1 rings (SSSR count). The van der Waals surface area contributed by atoms with Crippen molar-refractivity contribution in [2.75, 3.05) is 0 Å². The van der Waals surface area contributed by atoms with Crippen molar-refractivity contribution in [3.63, 3.8) is 0 Å². The lowest BCUT2D eigenvalue weighted by Gasteiger charge is -2.28. The van der Waals surface area contributed by atoms with Crippen LogP contribution in [0.25, 0.3) is 0 Å². The van der Waals surface area contributed by atoms with E-state index in [0.717, 1.165) is 5.56 Å². The molecule has 0 aliphatic carbocycles. The van der Waals surface area contributed by atoms with Gasteiger partial charge in [-0.25, -0.2) is 0 Å². The number of hydrogen-bond acceptors (Lipinski definition) is 2. The summed E-state index contributed by atoms with van der Waals surface area (Å²) in [6.45, 7) is 7.94. The average Bonchev–Trinajstić information content (AvgIpc) is 2.30. The summed E-state index contributed by atoms with van der Waals surface area (Å²) in [6.07, 6.45) is 1.67. The summed E-state index contributed by atoms with van der Waals surface area (Å²) in [5, 5.41) is 12.3. The fourth-order valence-electron chi connectivity index (χ4n) is 1.60. The molecule has 0 unspecified atom stereocenters. The molecule has 0 aliphatic rings. The third kappa shape index (κ3) is 3.71. The molecule has 92 valence electrons. The molecule has 0 aromatic heterocycles. The number of carbonyl (C=O) groups is 1. The molecule has 0 spiro atoms. The second-order valence-electron chi connectivity index (χ2n) is 4.66. The number of benzene rings is 1. The van der Waals surface area contributed by atoms with Crippen LogP contribution in [0.4, 0.5) is 0 Å². The van der Waals surface area contributed by atoms with Crippen molar-refractivity contribution in [1.82, 2.24) is 5.32 Å². The van der Waals surface area contributed by atoms with Gasteiger partial charge in [0.1, 0.15) is 6.04 Å². The van der Waals surface area contributed by atoms with Crippen molar-refractivity contribution in [1.29, 1.82) is 0 Å². The largest absolute Gasteiger partial charge is 0.480 e. The Morgan fingerprint density at radius 3 is 2.53 bits per heavy atom. The molecule has 3 heteroatoms. The minimum atomic E-state index is -0.856. The summed E-state index contributed by atoms with van der Waals surface area (Å²) in [6, 6.07) is 9.10. The van der Waals surface area contributed by atoms with Crippen LogP contribution < -0.4 is 5.32 Å². The van der Waals surface area contributed by atoms with Gasteiger partial charge >= 0.3 is 5.97 Å². The third-order valence-electron chi connectivity index (χ3n) is 2.87. The molecule has 0 heterocycles. The van der Waals surface area contributed by atoms with Crippen LogP contribution in [0.15, 0.2) is 43.0 Å². The molecule has 3 nitrogen and oxygen atoms in total. The van der Waals surface area contributed by atoms with Crippen molar-refractivity contribution in [2.45, 2.75) is 26.4 Å². The van der Waals surface area contributed by atoms with E-state index in [1.807, 2.05) is 44.2 Å². The zero-order valence-corrected chi connectivity index (χ0v) is 10.3. The monoisotopic (exact) mass is 233 g/mol. The molecule has 1 aromatic rings. The van der Waals surface area contributed by atoms with Crippen molar-refractivity contribution >= 4 is 5.97 Å². The summed E-state index contributed by atoms with van der Waals surface area (Å²) in [7, 11) is 0. The zero-order valence-electron chi connectivity index (χ0n) is 10.3. The molecule has 17 heavy (non-hydrogen) atoms. The maximum absolute atomic E-state index is 11.2. The molecule has 0 bridgehead atoms. The minimum Gasteiger partial charge on any atom is -0.480 e. The second-order valence-corrected chi connectivity index (χ2v) is 4.66. The van der Waals surface area contributed by atoms with Crippen LogP contribution in [0.3, 0.4) is 0 Å². The lowest BCUT2D eigenvalue weighted by Crippen LogP contribution is -2.46. The molecule has 0 radical (unpaired) electrons. The average molecular weight is 233 g/mol. The highest BCUT2D eigenvalue weighted by molar-refractivity contribution is 5.75. The molecule has 0 aliphatic heterocycles. The molecule has 0 saturated heterocycles. The van der Waals surface area contributed by atoms with Gasteiger partial charge in [0.2, 0.25) is 0 Å². The van der Waals surface area contributed by atoms with E-state index in [2.05, 4.69) is 11.9 Å². The van der Waals surface area contributed by atoms with E-state index in [1.165, 1.54) is 0 Å². The van der Waals surface area contributed by atoms with Gasteiger partial charge in [0.25, 0.3) is 0 Å². The van der Waals surface area contributed by atoms with Crippen LogP contribution in [-0.4, -0.2) is 17.1 Å². The van der Waals surface area contributed by atoms with E-state index in [0.29, 0.717) is 6.54 Å². The van der Waals surface area contributed by atoms with Gasteiger partial charge in [-0.1, -0.05) is 50.3 Å². The maximum Gasteiger partial charge on any atom is 0.321 e. The van der Waals surface area contributed by atoms with Crippen LogP contribution in [0.1, 0.15) is 19.4 Å². The molecule has 1 aromatic carbocycles. The topological polar surface area (TPSA) is 49.3 Å². The third-order valence-corrected chi connectivity index (χ3v) is 2.87. The number of nitrogens with one attached hydrogen (secondary N) is 1. The first kappa shape index (κ1) is 13.5. The fraction of sp³-hybridized carbons (Fsp3) is 0.357. The van der Waals surface area contributed by atoms with Crippen molar-refractivity contribution in [3.8, 4) is 0 Å². The van der Waals surface area contributed by atoms with Gasteiger partial charge < -0.3 is 5.11 Å². The molecular weight excluding hydrogens is 214 g/mol. The van der Waals surface area contributed by atoms with E-state index in [9.17, 15) is 9.90 Å². The Balaban J connectivity index is 2.70. The molecule has 1 atom stereocenters. The van der Waals surface area contributed by atoms with Crippen LogP contribution >= 0.6 is 0 Å². The van der Waals surface area contributed by atoms with Gasteiger partial charge in [-0.05, 0) is 5.56 Å². The van der Waals surface area contributed by atoms with E-state index in [4.69, 9.17) is 0 Å². The first-order valence-corrected chi connectivity index (χ1v) is 5.61. The molecule has 0 fully saturated rings. The van der Waals surface area contributed by atoms with Gasteiger partial charge in [-0.2, -0.15) is 0 Å². The van der Waals surface area contributed by atoms with E-state index >= 15 is 0 Å². The Bertz CT molecular complexity index is 384. The number of rotatable bonds is 6. The number of hydrogen-bond donors (Lipinski definition) is 2. The van der Waals surface area contributed by atoms with Crippen LogP contribution in [0.2, 0.25) is 0 Å². The lowest BCUT2D eigenvalue weighted by atomic mass is 9.84. The molecule has 0 amide bonds. The molecular formula is C14H19NO2. The maximum atomic E-state index is 11.2. The Hall–Kier alpha value is -1.61. The summed E-state index contributed by atoms with van der Waals surface area (Å²) in [5.74, 6) is -0.856. The lowest BCUT2D eigenvalue weighted by molar-refractivity contribution is -0.141.